The molecule has 24 heavy (non-hydrogen) atoms. The summed E-state index contributed by atoms with van der Waals surface area (Å²) >= 11 is 1.88. The number of thioether (sulfide) groups is 1. The van der Waals surface area contributed by atoms with Crippen molar-refractivity contribution in [1.82, 2.24) is 0 Å². The first-order valence-electron chi connectivity index (χ1n) is 9.18. The Hall–Kier alpha value is -1.09. The molecular weight excluding hydrogens is 316 g/mol. The molecule has 3 heteroatoms. The molecule has 128 valence electrons. The van der Waals surface area contributed by atoms with Crippen LogP contribution in [0.3, 0.4) is 0 Å². The first kappa shape index (κ1) is 16.4. The van der Waals surface area contributed by atoms with Gasteiger partial charge in [0.05, 0.1) is 0 Å². The Balaban J connectivity index is 1.79. The van der Waals surface area contributed by atoms with E-state index in [-0.39, 0.29) is 16.6 Å². The topological polar surface area (TPSA) is 34.1 Å². The van der Waals surface area contributed by atoms with Gasteiger partial charge in [-0.25, -0.2) is 0 Å². The highest BCUT2D eigenvalue weighted by molar-refractivity contribution is 7.98. The van der Waals surface area contributed by atoms with Gasteiger partial charge in [0.25, 0.3) is 0 Å². The molecule has 2 fully saturated rings. The number of hydrogen-bond donors (Lipinski definition) is 0. The van der Waals surface area contributed by atoms with Crippen LogP contribution in [0.5, 0.6) is 0 Å². The van der Waals surface area contributed by atoms with Crippen LogP contribution in [0.4, 0.5) is 0 Å². The lowest BCUT2D eigenvalue weighted by atomic mass is 9.52. The standard InChI is InChI=1S/C21H26O2S/c1-20-9-8-18-16(17(20)5-6-19(20)23)4-3-14-13-15(22)7-10-21(14,18)11-12-24-2/h7-8,10,13,16-17H,3-6,9,11-12H2,1-2H3/t16-,17-,20-,21+/m0/s1. The SMILES string of the molecule is CSCC[C@]12C=CC(=O)C=C1CC[C@@H]1C2=CC[C@]2(C)C(=O)CC[C@@H]12. The van der Waals surface area contributed by atoms with Crippen molar-refractivity contribution in [2.24, 2.45) is 22.7 Å². The number of hydrogen-bond acceptors (Lipinski definition) is 3. The number of allylic oxidation sites excluding steroid dienone is 6. The van der Waals surface area contributed by atoms with E-state index >= 15 is 0 Å². The highest BCUT2D eigenvalue weighted by Gasteiger charge is 2.56. The molecule has 0 unspecified atom stereocenters. The predicted molar refractivity (Wildman–Crippen MR) is 98.9 cm³/mol. The summed E-state index contributed by atoms with van der Waals surface area (Å²) < 4.78 is 0. The van der Waals surface area contributed by atoms with Crippen molar-refractivity contribution in [3.05, 3.63) is 35.5 Å². The van der Waals surface area contributed by atoms with Crippen molar-refractivity contribution < 1.29 is 9.59 Å². The lowest BCUT2D eigenvalue weighted by molar-refractivity contribution is -0.127. The highest BCUT2D eigenvalue weighted by atomic mass is 32.2. The predicted octanol–water partition coefficient (Wildman–Crippen LogP) is 4.52. The van der Waals surface area contributed by atoms with Gasteiger partial charge in [0, 0.05) is 17.3 Å². The maximum atomic E-state index is 12.5. The molecule has 2 nitrogen and oxygen atoms in total. The average molecular weight is 343 g/mol. The second-order valence-corrected chi connectivity index (χ2v) is 9.10. The van der Waals surface area contributed by atoms with E-state index in [1.54, 1.807) is 6.08 Å². The van der Waals surface area contributed by atoms with Gasteiger partial charge in [-0.05, 0) is 68.1 Å². The molecule has 0 bridgehead atoms. The Kier molecular flexibility index (Phi) is 3.91. The molecule has 0 aromatic carbocycles. The van der Waals surface area contributed by atoms with E-state index in [1.807, 2.05) is 17.8 Å². The minimum Gasteiger partial charge on any atom is -0.299 e. The van der Waals surface area contributed by atoms with Gasteiger partial charge in [-0.2, -0.15) is 11.8 Å². The number of Topliss-reactive ketones (excluding diaryl/α,β-unsaturated/α-hetero) is 1. The summed E-state index contributed by atoms with van der Waals surface area (Å²) in [6, 6.07) is 0. The normalized spacial score (nSPS) is 40.6. The van der Waals surface area contributed by atoms with Gasteiger partial charge in [0.2, 0.25) is 0 Å². The fourth-order valence-corrected chi connectivity index (χ4v) is 6.31. The minimum absolute atomic E-state index is 0.0488. The average Bonchev–Trinajstić information content (AvgIpc) is 2.88. The van der Waals surface area contributed by atoms with Crippen LogP contribution in [0, 0.1) is 22.7 Å². The molecule has 0 saturated heterocycles. The van der Waals surface area contributed by atoms with Crippen LogP contribution in [0.2, 0.25) is 0 Å². The van der Waals surface area contributed by atoms with Crippen molar-refractivity contribution in [1.29, 1.82) is 0 Å². The Labute approximate surface area is 148 Å². The van der Waals surface area contributed by atoms with Crippen molar-refractivity contribution in [2.75, 3.05) is 12.0 Å². The lowest BCUT2D eigenvalue weighted by Gasteiger charge is -2.52. The Morgan fingerprint density at radius 3 is 2.88 bits per heavy atom. The third-order valence-corrected chi connectivity index (χ3v) is 7.74. The summed E-state index contributed by atoms with van der Waals surface area (Å²) in [6.45, 7) is 2.19. The smallest absolute Gasteiger partial charge is 0.178 e. The van der Waals surface area contributed by atoms with E-state index in [9.17, 15) is 9.59 Å². The third-order valence-electron chi connectivity index (χ3n) is 7.13. The fraction of sp³-hybridized carbons (Fsp3) is 0.619. The Morgan fingerprint density at radius 1 is 1.25 bits per heavy atom. The second-order valence-electron chi connectivity index (χ2n) is 8.11. The third kappa shape index (κ3) is 2.16. The van der Waals surface area contributed by atoms with E-state index in [0.717, 1.165) is 44.3 Å². The van der Waals surface area contributed by atoms with E-state index in [4.69, 9.17) is 0 Å². The molecule has 0 spiro atoms. The fourth-order valence-electron chi connectivity index (χ4n) is 5.79. The number of rotatable bonds is 3. The molecule has 0 aromatic rings. The molecule has 0 aliphatic heterocycles. The zero-order chi connectivity index (χ0) is 16.9. The molecule has 0 amide bonds. The van der Waals surface area contributed by atoms with Crippen LogP contribution in [0.1, 0.15) is 45.4 Å². The first-order chi connectivity index (χ1) is 11.5. The molecule has 4 atom stereocenters. The van der Waals surface area contributed by atoms with Crippen molar-refractivity contribution in [3.63, 3.8) is 0 Å². The van der Waals surface area contributed by atoms with E-state index in [2.05, 4.69) is 25.3 Å². The van der Waals surface area contributed by atoms with Gasteiger partial charge < -0.3 is 0 Å². The van der Waals surface area contributed by atoms with Gasteiger partial charge in [0.15, 0.2) is 5.78 Å². The van der Waals surface area contributed by atoms with Gasteiger partial charge in [-0.1, -0.05) is 30.2 Å². The molecule has 0 aromatic heterocycles. The van der Waals surface area contributed by atoms with E-state index < -0.39 is 0 Å². The number of carbonyl (C=O) groups is 2. The largest absolute Gasteiger partial charge is 0.299 e. The van der Waals surface area contributed by atoms with Gasteiger partial charge in [-0.3, -0.25) is 9.59 Å². The summed E-state index contributed by atoms with van der Waals surface area (Å²) in [5, 5.41) is 0. The van der Waals surface area contributed by atoms with E-state index in [1.165, 1.54) is 11.1 Å². The van der Waals surface area contributed by atoms with Gasteiger partial charge >= 0.3 is 0 Å². The molecule has 4 aliphatic rings. The quantitative estimate of drug-likeness (QED) is 0.707. The van der Waals surface area contributed by atoms with Gasteiger partial charge in [0.1, 0.15) is 5.78 Å². The Morgan fingerprint density at radius 2 is 2.08 bits per heavy atom. The highest BCUT2D eigenvalue weighted by Crippen LogP contribution is 2.62. The van der Waals surface area contributed by atoms with E-state index in [0.29, 0.717) is 17.6 Å². The molecule has 0 heterocycles. The molecule has 4 rings (SSSR count). The summed E-state index contributed by atoms with van der Waals surface area (Å²) in [6.07, 6.45) is 16.3. The first-order valence-corrected chi connectivity index (χ1v) is 10.6. The summed E-state index contributed by atoms with van der Waals surface area (Å²) in [5.41, 5.74) is 2.66. The zero-order valence-corrected chi connectivity index (χ0v) is 15.5. The number of carbonyl (C=O) groups excluding carboxylic acids is 2. The van der Waals surface area contributed by atoms with Crippen LogP contribution < -0.4 is 0 Å². The Bertz CT molecular complexity index is 686. The van der Waals surface area contributed by atoms with Crippen molar-refractivity contribution >= 4 is 23.3 Å². The van der Waals surface area contributed by atoms with Crippen LogP contribution in [0.15, 0.2) is 35.5 Å². The number of ketones is 2. The van der Waals surface area contributed by atoms with Crippen molar-refractivity contribution in [3.8, 4) is 0 Å². The zero-order valence-electron chi connectivity index (χ0n) is 14.6. The molecular formula is C21H26O2S. The van der Waals surface area contributed by atoms with Crippen molar-refractivity contribution in [2.45, 2.75) is 45.4 Å². The minimum atomic E-state index is -0.135. The second kappa shape index (κ2) is 5.72. The maximum Gasteiger partial charge on any atom is 0.178 e. The van der Waals surface area contributed by atoms with Crippen LogP contribution in [-0.4, -0.2) is 23.6 Å². The lowest BCUT2D eigenvalue weighted by Crippen LogP contribution is -2.44. The molecule has 2 saturated carbocycles. The monoisotopic (exact) mass is 342 g/mol. The molecule has 4 aliphatic carbocycles. The summed E-state index contributed by atoms with van der Waals surface area (Å²) in [4.78, 5) is 24.4. The van der Waals surface area contributed by atoms with Gasteiger partial charge in [-0.15, -0.1) is 0 Å². The number of fused-ring (bicyclic) bond motifs is 5. The molecule has 0 N–H and O–H groups in total. The van der Waals surface area contributed by atoms with Crippen LogP contribution in [0.25, 0.3) is 0 Å². The maximum absolute atomic E-state index is 12.5. The summed E-state index contributed by atoms with van der Waals surface area (Å²) in [5.74, 6) is 2.73. The molecule has 0 radical (unpaired) electrons. The van der Waals surface area contributed by atoms with Crippen LogP contribution >= 0.6 is 11.8 Å². The van der Waals surface area contributed by atoms with Crippen LogP contribution in [-0.2, 0) is 9.59 Å². The summed E-state index contributed by atoms with van der Waals surface area (Å²) in [7, 11) is 0.